The molecule has 8 rings (SSSR count). The van der Waals surface area contributed by atoms with E-state index in [-0.39, 0.29) is 36.6 Å². The van der Waals surface area contributed by atoms with Crippen LogP contribution in [0.3, 0.4) is 0 Å². The molecule has 0 saturated carbocycles. The maximum atomic E-state index is 12.7. The van der Waals surface area contributed by atoms with E-state index in [1.54, 1.807) is 20.5 Å². The maximum absolute atomic E-state index is 12.7. The van der Waals surface area contributed by atoms with Crippen molar-refractivity contribution in [2.45, 2.75) is 69.3 Å². The van der Waals surface area contributed by atoms with Gasteiger partial charge in [0, 0.05) is 49.7 Å². The van der Waals surface area contributed by atoms with Crippen LogP contribution in [0.1, 0.15) is 73.1 Å². The van der Waals surface area contributed by atoms with E-state index in [9.17, 15) is 36.0 Å². The summed E-state index contributed by atoms with van der Waals surface area (Å²) in [4.78, 5) is 46.7. The minimum atomic E-state index is -5.84. The Morgan fingerprint density at radius 2 is 1.25 bits per heavy atom. The van der Waals surface area contributed by atoms with Crippen LogP contribution in [0.15, 0.2) is 102 Å². The van der Waals surface area contributed by atoms with Crippen molar-refractivity contribution in [2.75, 3.05) is 13.1 Å². The van der Waals surface area contributed by atoms with Gasteiger partial charge in [0.1, 0.15) is 18.9 Å². The number of H-pyrrole nitrogens is 1. The summed E-state index contributed by atoms with van der Waals surface area (Å²) in [6, 6.07) is 24.0. The van der Waals surface area contributed by atoms with Crippen molar-refractivity contribution in [1.82, 2.24) is 39.0 Å². The van der Waals surface area contributed by atoms with Crippen LogP contribution in [-0.4, -0.2) is 78.2 Å². The molecule has 16 nitrogen and oxygen atoms in total. The first kappa shape index (κ1) is 40.7. The molecule has 2 fully saturated rings. The van der Waals surface area contributed by atoms with Crippen LogP contribution >= 0.6 is 0 Å². The zero-order chi connectivity index (χ0) is 41.6. The number of piperidine rings is 2. The lowest BCUT2D eigenvalue weighted by Crippen LogP contribution is -2.39. The minimum Gasteiger partial charge on any atom is -0.445 e. The maximum Gasteiger partial charge on any atom is 0.534 e. The van der Waals surface area contributed by atoms with Crippen LogP contribution in [0.25, 0.3) is 11.3 Å². The first-order valence-electron chi connectivity index (χ1n) is 18.7. The monoisotopic (exact) mass is 836 g/mol. The van der Waals surface area contributed by atoms with Gasteiger partial charge in [0.25, 0.3) is 5.56 Å². The van der Waals surface area contributed by atoms with E-state index in [1.807, 2.05) is 66.7 Å². The quantitative estimate of drug-likeness (QED) is 0.127. The van der Waals surface area contributed by atoms with Gasteiger partial charge < -0.3 is 18.6 Å². The second-order valence-electron chi connectivity index (χ2n) is 13.8. The fourth-order valence-electron chi connectivity index (χ4n) is 6.86. The Morgan fingerprint density at radius 1 is 0.729 bits per heavy atom. The van der Waals surface area contributed by atoms with Gasteiger partial charge >= 0.3 is 27.8 Å². The lowest BCUT2D eigenvalue weighted by Gasteiger charge is -2.33. The van der Waals surface area contributed by atoms with Crippen LogP contribution < -0.4 is 9.74 Å². The molecule has 0 aliphatic carbocycles. The third-order valence-electron chi connectivity index (χ3n) is 9.74. The number of hydrogen-bond acceptors (Lipinski definition) is 11. The molecule has 6 heterocycles. The molecule has 6 aromatic rings. The second-order valence-corrected chi connectivity index (χ2v) is 15.4. The molecular weight excluding hydrogens is 798 g/mol. The van der Waals surface area contributed by atoms with Crippen molar-refractivity contribution in [2.24, 2.45) is 0 Å². The first-order chi connectivity index (χ1) is 28.3. The third-order valence-corrected chi connectivity index (χ3v) is 10.7. The number of fused-ring (bicyclic) bond motifs is 2. The minimum absolute atomic E-state index is 0.0723. The van der Waals surface area contributed by atoms with Gasteiger partial charge in [-0.25, -0.2) is 18.6 Å². The van der Waals surface area contributed by atoms with Crippen molar-refractivity contribution in [1.29, 1.82) is 0 Å². The number of likely N-dealkylation sites (tertiary alicyclic amines) is 2. The van der Waals surface area contributed by atoms with Gasteiger partial charge in [-0.15, -0.1) is 0 Å². The molecule has 2 saturated heterocycles. The largest absolute Gasteiger partial charge is 0.534 e. The van der Waals surface area contributed by atoms with E-state index in [1.165, 1.54) is 22.8 Å². The average Bonchev–Trinajstić information content (AvgIpc) is 3.86. The number of nitrogens with one attached hydrogen (secondary N) is 1. The van der Waals surface area contributed by atoms with Gasteiger partial charge in [-0.1, -0.05) is 60.7 Å². The van der Waals surface area contributed by atoms with E-state index in [0.29, 0.717) is 30.9 Å². The van der Waals surface area contributed by atoms with E-state index >= 15 is 0 Å². The molecule has 20 heteroatoms. The summed E-state index contributed by atoms with van der Waals surface area (Å²) in [5.41, 5.74) is -2.03. The number of hydrogen-bond donors (Lipinski definition) is 1. The number of aromatic amines is 1. The predicted molar refractivity (Wildman–Crippen MR) is 204 cm³/mol. The van der Waals surface area contributed by atoms with Gasteiger partial charge in [-0.2, -0.15) is 36.8 Å². The fraction of sp³-hybridized carbons (Fsp3) is 0.333. The molecule has 0 bridgehead atoms. The van der Waals surface area contributed by atoms with Crippen LogP contribution in [0.2, 0.25) is 0 Å². The first-order valence-corrected chi connectivity index (χ1v) is 20.2. The van der Waals surface area contributed by atoms with Crippen LogP contribution in [0.4, 0.5) is 22.8 Å². The SMILES string of the molecule is O=C(OCc1ccccc1)N1CCCC[C@H]1c1cc2[nH]c(=O)ccn2n1.O=C(OCc1ccccc1)N1CCCC[C@H]1c1cc2nc(OS(=O)(=O)C(F)(F)F)ccn2n1. The van der Waals surface area contributed by atoms with Crippen molar-refractivity contribution < 1.29 is 44.8 Å². The number of nitrogens with zero attached hydrogens (tertiary/aromatic N) is 7. The zero-order valence-corrected chi connectivity index (χ0v) is 32.2. The van der Waals surface area contributed by atoms with E-state index in [2.05, 4.69) is 24.3 Å². The van der Waals surface area contributed by atoms with E-state index < -0.39 is 33.6 Å². The number of aromatic nitrogens is 6. The Hall–Kier alpha value is -6.44. The van der Waals surface area contributed by atoms with Gasteiger partial charge in [0.15, 0.2) is 5.65 Å². The molecule has 0 unspecified atom stereocenters. The summed E-state index contributed by atoms with van der Waals surface area (Å²) < 4.78 is 78.1. The molecule has 2 aliphatic heterocycles. The number of ether oxygens (including phenoxy) is 2. The number of amides is 2. The molecule has 59 heavy (non-hydrogen) atoms. The standard InChI is InChI=1S/C20H19F3N4O5S.C19H20N4O3/c21-20(22,23)33(29,30)32-18-9-11-27-17(24-18)12-15(25-27)16-8-4-5-10-26(16)19(28)31-13-14-6-2-1-3-7-14;24-18-9-11-23-17(20-18)12-15(21-23)16-8-4-5-10-22(16)19(25)26-13-14-6-2-1-3-7-14/h1-3,6-7,9,11-12,16H,4-5,8,10,13H2;1-3,6-7,9,11-12,16H,4-5,8,10,13H2,(H,20,24)/t2*16-/m00/s1. The Kier molecular flexibility index (Phi) is 12.1. The lowest BCUT2D eigenvalue weighted by atomic mass is 10.00. The van der Waals surface area contributed by atoms with E-state index in [0.717, 1.165) is 55.0 Å². The molecule has 4 aromatic heterocycles. The fourth-order valence-corrected chi connectivity index (χ4v) is 7.27. The summed E-state index contributed by atoms with van der Waals surface area (Å²) in [7, 11) is -5.84. The summed E-state index contributed by atoms with van der Waals surface area (Å²) in [6.45, 7) is 1.46. The Labute approximate surface area is 335 Å². The smallest absolute Gasteiger partial charge is 0.445 e. The molecule has 0 spiro atoms. The number of halogens is 3. The molecule has 2 atom stereocenters. The van der Waals surface area contributed by atoms with Crippen molar-refractivity contribution in [3.05, 3.63) is 130 Å². The van der Waals surface area contributed by atoms with Crippen LogP contribution in [-0.2, 0) is 32.8 Å². The lowest BCUT2D eigenvalue weighted by molar-refractivity contribution is -0.0501. The van der Waals surface area contributed by atoms with Gasteiger partial charge in [-0.3, -0.25) is 14.6 Å². The number of alkyl halides is 3. The number of benzene rings is 2. The summed E-state index contributed by atoms with van der Waals surface area (Å²) in [6.07, 6.45) is 7.05. The molecular formula is C39H39F3N8O8S. The molecule has 0 radical (unpaired) electrons. The number of carbonyl (C=O) groups excluding carboxylic acids is 2. The Morgan fingerprint density at radius 3 is 1.81 bits per heavy atom. The van der Waals surface area contributed by atoms with Crippen LogP contribution in [0.5, 0.6) is 5.88 Å². The highest BCUT2D eigenvalue weighted by Crippen LogP contribution is 2.33. The molecule has 310 valence electrons. The van der Waals surface area contributed by atoms with E-state index in [4.69, 9.17) is 9.47 Å². The highest BCUT2D eigenvalue weighted by molar-refractivity contribution is 7.87. The summed E-state index contributed by atoms with van der Waals surface area (Å²) in [5.74, 6) is -0.742. The van der Waals surface area contributed by atoms with Crippen molar-refractivity contribution in [3.63, 3.8) is 0 Å². The van der Waals surface area contributed by atoms with Gasteiger partial charge in [0.2, 0.25) is 5.88 Å². The van der Waals surface area contributed by atoms with Crippen LogP contribution in [0, 0.1) is 0 Å². The van der Waals surface area contributed by atoms with Gasteiger partial charge in [0.05, 0.1) is 23.5 Å². The average molecular weight is 837 g/mol. The number of carbonyl (C=O) groups is 2. The van der Waals surface area contributed by atoms with Gasteiger partial charge in [-0.05, 0) is 49.7 Å². The normalized spacial score (nSPS) is 17.3. The van der Waals surface area contributed by atoms with Crippen molar-refractivity contribution in [3.8, 4) is 5.88 Å². The molecule has 1 N–H and O–H groups in total. The summed E-state index contributed by atoms with van der Waals surface area (Å²) in [5, 5.41) is 8.88. The highest BCUT2D eigenvalue weighted by Gasteiger charge is 2.49. The zero-order valence-electron chi connectivity index (χ0n) is 31.4. The molecule has 2 aromatic carbocycles. The summed E-state index contributed by atoms with van der Waals surface area (Å²) >= 11 is 0. The highest BCUT2D eigenvalue weighted by atomic mass is 32.2. The molecule has 2 amide bonds. The van der Waals surface area contributed by atoms with Crippen molar-refractivity contribution >= 4 is 33.6 Å². The third kappa shape index (κ3) is 9.82. The number of rotatable bonds is 8. The Bertz CT molecular complexity index is 2570. The predicted octanol–water partition coefficient (Wildman–Crippen LogP) is 6.71. The Balaban J connectivity index is 0.000000184. The topological polar surface area (TPSA) is 183 Å². The second kappa shape index (κ2) is 17.6. The molecule has 2 aliphatic rings.